The number of aromatic amines is 1. The number of phosphoric acid groups is 1. The highest BCUT2D eigenvalue weighted by Crippen LogP contribution is 2.44. The fourth-order valence-electron chi connectivity index (χ4n) is 2.86. The number of aryl methyl sites for hydroxylation is 2. The fraction of sp³-hybridized carbons (Fsp3) is 0.438. The second kappa shape index (κ2) is 8.82. The van der Waals surface area contributed by atoms with Crippen molar-refractivity contribution in [3.05, 3.63) is 67.1 Å². The Labute approximate surface area is 169 Å². The Morgan fingerprint density at radius 2 is 2.23 bits per heavy atom. The van der Waals surface area contributed by atoms with Gasteiger partial charge in [0.25, 0.3) is 5.56 Å². The van der Waals surface area contributed by atoms with Crippen LogP contribution in [0.2, 0.25) is 0 Å². The molecule has 0 aliphatic carbocycles. The van der Waals surface area contributed by atoms with E-state index in [1.54, 1.807) is 13.0 Å². The summed E-state index contributed by atoms with van der Waals surface area (Å²) in [6.07, 6.45) is 0.911. The number of azide groups is 1. The highest BCUT2D eigenvalue weighted by Gasteiger charge is 2.38. The average molecular weight is 438 g/mol. The van der Waals surface area contributed by atoms with Crippen LogP contribution in [0.4, 0.5) is 0 Å². The van der Waals surface area contributed by atoms with Crippen LogP contribution in [0.15, 0.2) is 39.2 Å². The third-order valence-electron chi connectivity index (χ3n) is 4.37. The molecule has 2 aromatic rings. The van der Waals surface area contributed by atoms with Crippen molar-refractivity contribution >= 4 is 7.82 Å². The standard InChI is InChI=1S/C16H19N6O7P/c1-9-7-22(16(24)19-15(9)23)14-5-12(20-21-17)13(28-14)8-27-30(25,26)29-11-4-3-10(2)18-6-11/h3-4,6-7,12-14H,5,8H2,1-2H3,(H,25,26)(H,19,23,24)/t12-,13+,14+/m0/s1. The smallest absolute Gasteiger partial charge is 0.402 e. The van der Waals surface area contributed by atoms with E-state index >= 15 is 0 Å². The number of H-pyrrole nitrogens is 1. The number of nitrogens with zero attached hydrogens (tertiary/aromatic N) is 5. The zero-order valence-corrected chi connectivity index (χ0v) is 16.9. The lowest BCUT2D eigenvalue weighted by atomic mass is 10.1. The minimum absolute atomic E-state index is 0.0403. The maximum Gasteiger partial charge on any atom is 0.527 e. The van der Waals surface area contributed by atoms with Gasteiger partial charge >= 0.3 is 13.5 Å². The van der Waals surface area contributed by atoms with Gasteiger partial charge in [0, 0.05) is 28.8 Å². The van der Waals surface area contributed by atoms with E-state index in [1.807, 2.05) is 0 Å². The van der Waals surface area contributed by atoms with E-state index < -0.39 is 44.1 Å². The first-order valence-corrected chi connectivity index (χ1v) is 10.3. The number of pyridine rings is 1. The van der Waals surface area contributed by atoms with E-state index in [0.717, 1.165) is 4.57 Å². The molecular formula is C16H19N6O7P. The van der Waals surface area contributed by atoms with Crippen molar-refractivity contribution in [2.75, 3.05) is 6.61 Å². The number of hydrogen-bond donors (Lipinski definition) is 2. The third-order valence-corrected chi connectivity index (χ3v) is 5.28. The largest absolute Gasteiger partial charge is 0.527 e. The van der Waals surface area contributed by atoms with Gasteiger partial charge in [-0.1, -0.05) is 5.11 Å². The van der Waals surface area contributed by atoms with Gasteiger partial charge in [0.15, 0.2) is 0 Å². The molecule has 0 amide bonds. The summed E-state index contributed by atoms with van der Waals surface area (Å²) in [6, 6.07) is 2.28. The summed E-state index contributed by atoms with van der Waals surface area (Å²) >= 11 is 0. The Balaban J connectivity index is 1.71. The lowest BCUT2D eigenvalue weighted by Crippen LogP contribution is -2.33. The van der Waals surface area contributed by atoms with Crippen molar-refractivity contribution in [1.29, 1.82) is 0 Å². The minimum atomic E-state index is -4.51. The number of nitrogens with one attached hydrogen (secondary N) is 1. The summed E-state index contributed by atoms with van der Waals surface area (Å²) in [6.45, 7) is 2.83. The molecule has 14 heteroatoms. The van der Waals surface area contributed by atoms with Crippen molar-refractivity contribution in [3.63, 3.8) is 0 Å². The zero-order chi connectivity index (χ0) is 21.9. The molecule has 2 aromatic heterocycles. The quantitative estimate of drug-likeness (QED) is 0.283. The summed E-state index contributed by atoms with van der Waals surface area (Å²) < 4.78 is 29.0. The van der Waals surface area contributed by atoms with Crippen molar-refractivity contribution in [1.82, 2.24) is 14.5 Å². The Kier molecular flexibility index (Phi) is 6.40. The van der Waals surface area contributed by atoms with Gasteiger partial charge in [-0.2, -0.15) is 0 Å². The second-order valence-corrected chi connectivity index (χ2v) is 7.98. The Bertz CT molecular complexity index is 1120. The van der Waals surface area contributed by atoms with Crippen LogP contribution in [-0.2, 0) is 13.8 Å². The van der Waals surface area contributed by atoms with Gasteiger partial charge in [-0.15, -0.1) is 0 Å². The molecule has 1 aliphatic heterocycles. The van der Waals surface area contributed by atoms with E-state index in [4.69, 9.17) is 19.3 Å². The number of aromatic nitrogens is 3. The van der Waals surface area contributed by atoms with Crippen LogP contribution in [0.25, 0.3) is 10.4 Å². The first kappa shape index (κ1) is 21.8. The van der Waals surface area contributed by atoms with Crippen LogP contribution in [0.3, 0.4) is 0 Å². The number of rotatable bonds is 7. The first-order valence-electron chi connectivity index (χ1n) is 8.80. The predicted octanol–water partition coefficient (Wildman–Crippen LogP) is 1.71. The number of hydrogen-bond acceptors (Lipinski definition) is 8. The molecule has 2 N–H and O–H groups in total. The molecule has 0 saturated carbocycles. The molecule has 1 aliphatic rings. The molecular weight excluding hydrogens is 419 g/mol. The van der Waals surface area contributed by atoms with Gasteiger partial charge in [-0.3, -0.25) is 28.7 Å². The first-order chi connectivity index (χ1) is 14.2. The molecule has 160 valence electrons. The van der Waals surface area contributed by atoms with Crippen LogP contribution in [0, 0.1) is 13.8 Å². The molecule has 0 radical (unpaired) electrons. The summed E-state index contributed by atoms with van der Waals surface area (Å²) in [5.41, 5.74) is 8.56. The second-order valence-electron chi connectivity index (χ2n) is 6.61. The number of phosphoric ester groups is 1. The minimum Gasteiger partial charge on any atom is -0.402 e. The molecule has 3 rings (SSSR count). The lowest BCUT2D eigenvalue weighted by Gasteiger charge is -2.18. The summed E-state index contributed by atoms with van der Waals surface area (Å²) in [4.78, 5) is 42.4. The molecule has 1 unspecified atom stereocenters. The van der Waals surface area contributed by atoms with Crippen LogP contribution < -0.4 is 15.8 Å². The molecule has 4 atom stereocenters. The molecule has 3 heterocycles. The number of ether oxygens (including phenoxy) is 1. The maximum absolute atomic E-state index is 12.2. The van der Waals surface area contributed by atoms with E-state index in [-0.39, 0.29) is 12.2 Å². The summed E-state index contributed by atoms with van der Waals surface area (Å²) in [5, 5.41) is 3.61. The van der Waals surface area contributed by atoms with Gasteiger partial charge in [-0.05, 0) is 31.5 Å². The van der Waals surface area contributed by atoms with E-state index in [0.29, 0.717) is 11.3 Å². The maximum atomic E-state index is 12.2. The molecule has 0 aromatic carbocycles. The summed E-state index contributed by atoms with van der Waals surface area (Å²) in [7, 11) is -4.51. The Morgan fingerprint density at radius 1 is 1.47 bits per heavy atom. The average Bonchev–Trinajstić information content (AvgIpc) is 3.08. The van der Waals surface area contributed by atoms with Gasteiger partial charge in [0.2, 0.25) is 0 Å². The predicted molar refractivity (Wildman–Crippen MR) is 103 cm³/mol. The zero-order valence-electron chi connectivity index (χ0n) is 16.0. The van der Waals surface area contributed by atoms with E-state index in [2.05, 4.69) is 20.0 Å². The summed E-state index contributed by atoms with van der Waals surface area (Å²) in [5.74, 6) is 0.0403. The highest BCUT2D eigenvalue weighted by atomic mass is 31.2. The molecule has 1 fully saturated rings. The van der Waals surface area contributed by atoms with E-state index in [1.165, 1.54) is 25.4 Å². The van der Waals surface area contributed by atoms with Crippen LogP contribution in [-0.4, -0.2) is 38.2 Å². The van der Waals surface area contributed by atoms with Crippen LogP contribution in [0.5, 0.6) is 5.75 Å². The topological polar surface area (TPSA) is 182 Å². The molecule has 0 spiro atoms. The Morgan fingerprint density at radius 3 is 2.90 bits per heavy atom. The molecule has 1 saturated heterocycles. The van der Waals surface area contributed by atoms with Gasteiger partial charge in [0.1, 0.15) is 12.0 Å². The van der Waals surface area contributed by atoms with Gasteiger partial charge in [0.05, 0.1) is 24.9 Å². The lowest BCUT2D eigenvalue weighted by molar-refractivity contribution is -0.0264. The monoisotopic (exact) mass is 438 g/mol. The van der Waals surface area contributed by atoms with Crippen molar-refractivity contribution in [3.8, 4) is 5.75 Å². The molecule has 30 heavy (non-hydrogen) atoms. The van der Waals surface area contributed by atoms with Crippen molar-refractivity contribution < 1.29 is 23.2 Å². The highest BCUT2D eigenvalue weighted by molar-refractivity contribution is 7.47. The molecule has 0 bridgehead atoms. The third kappa shape index (κ3) is 5.15. The fourth-order valence-corrected chi connectivity index (χ4v) is 3.62. The van der Waals surface area contributed by atoms with Gasteiger partial charge in [-0.25, -0.2) is 9.36 Å². The molecule has 13 nitrogen and oxygen atoms in total. The van der Waals surface area contributed by atoms with Crippen LogP contribution in [0.1, 0.15) is 23.9 Å². The van der Waals surface area contributed by atoms with Crippen molar-refractivity contribution in [2.45, 2.75) is 38.6 Å². The van der Waals surface area contributed by atoms with Crippen LogP contribution >= 0.6 is 7.82 Å². The van der Waals surface area contributed by atoms with Crippen molar-refractivity contribution in [2.24, 2.45) is 5.11 Å². The normalized spacial score (nSPS) is 22.8. The SMILES string of the molecule is Cc1ccc(OP(=O)(O)OC[C@H]2O[C@@H](n3cc(C)c(=O)[nH]c3=O)C[C@@H]2N=[N+]=[N-])cn1. The Hall–Kier alpha value is -2.95. The van der Waals surface area contributed by atoms with E-state index in [9.17, 15) is 19.0 Å². The van der Waals surface area contributed by atoms with Gasteiger partial charge < -0.3 is 9.26 Å².